The molecule has 0 saturated heterocycles. The minimum Gasteiger partial charge on any atom is -0.487 e. The molecule has 1 aliphatic carbocycles. The van der Waals surface area contributed by atoms with E-state index >= 15 is 0 Å². The highest BCUT2D eigenvalue weighted by atomic mass is 19.1. The van der Waals surface area contributed by atoms with E-state index in [0.717, 1.165) is 34.0 Å². The van der Waals surface area contributed by atoms with Crippen molar-refractivity contribution >= 4 is 0 Å². The number of aromatic amines is 1. The monoisotopic (exact) mass is 351 g/mol. The first-order valence-electron chi connectivity index (χ1n) is 9.00. The zero-order valence-electron chi connectivity index (χ0n) is 15.1. The Labute approximate surface area is 152 Å². The Hall–Kier alpha value is -2.69. The van der Waals surface area contributed by atoms with E-state index in [1.54, 1.807) is 6.20 Å². The number of aromatic nitrogens is 3. The average molecular weight is 351 g/mol. The first-order chi connectivity index (χ1) is 12.6. The lowest BCUT2D eigenvalue weighted by Crippen LogP contribution is -2.10. The Morgan fingerprint density at radius 2 is 2.00 bits per heavy atom. The number of H-pyrrole nitrogens is 1. The molecule has 1 saturated carbocycles. The van der Waals surface area contributed by atoms with Crippen molar-refractivity contribution in [2.45, 2.75) is 45.6 Å². The second-order valence-corrected chi connectivity index (χ2v) is 7.02. The Kier molecular flexibility index (Phi) is 4.45. The highest BCUT2D eigenvalue weighted by molar-refractivity contribution is 5.61. The van der Waals surface area contributed by atoms with Gasteiger partial charge in [0.25, 0.3) is 0 Å². The molecule has 0 radical (unpaired) electrons. The molecule has 4 nitrogen and oxygen atoms in total. The lowest BCUT2D eigenvalue weighted by atomic mass is 9.85. The molecule has 3 aromatic rings. The van der Waals surface area contributed by atoms with Gasteiger partial charge in [0.05, 0.1) is 11.9 Å². The molecule has 0 bridgehead atoms. The van der Waals surface area contributed by atoms with Crippen LogP contribution in [-0.4, -0.2) is 15.0 Å². The summed E-state index contributed by atoms with van der Waals surface area (Å²) < 4.78 is 19.7. The molecule has 0 unspecified atom stereocenters. The fourth-order valence-electron chi connectivity index (χ4n) is 3.17. The molecule has 134 valence electrons. The maximum Gasteiger partial charge on any atom is 0.148 e. The number of aryl methyl sites for hydroxylation is 2. The zero-order valence-corrected chi connectivity index (χ0v) is 15.1. The minimum absolute atomic E-state index is 0.113. The molecule has 0 atom stereocenters. The molecule has 26 heavy (non-hydrogen) atoms. The Morgan fingerprint density at radius 3 is 2.69 bits per heavy atom. The molecular formula is C21H22FN3O. The van der Waals surface area contributed by atoms with E-state index in [-0.39, 0.29) is 12.4 Å². The number of halogens is 1. The van der Waals surface area contributed by atoms with Crippen LogP contribution in [0.1, 0.15) is 47.8 Å². The van der Waals surface area contributed by atoms with Gasteiger partial charge in [0.15, 0.2) is 0 Å². The van der Waals surface area contributed by atoms with Gasteiger partial charge in [0.1, 0.15) is 29.7 Å². The predicted molar refractivity (Wildman–Crippen MR) is 98.6 cm³/mol. The van der Waals surface area contributed by atoms with Crippen LogP contribution in [0.2, 0.25) is 0 Å². The second-order valence-electron chi connectivity index (χ2n) is 7.02. The van der Waals surface area contributed by atoms with Crippen molar-refractivity contribution in [3.05, 3.63) is 65.1 Å². The Morgan fingerprint density at radius 1 is 1.15 bits per heavy atom. The summed E-state index contributed by atoms with van der Waals surface area (Å²) in [6.45, 7) is 3.92. The van der Waals surface area contributed by atoms with Crippen LogP contribution in [0.15, 0.2) is 36.7 Å². The van der Waals surface area contributed by atoms with Gasteiger partial charge in [-0.05, 0) is 62.1 Å². The number of imidazole rings is 1. The lowest BCUT2D eigenvalue weighted by Gasteiger charge is -2.22. The quantitative estimate of drug-likeness (QED) is 0.698. The van der Waals surface area contributed by atoms with E-state index in [1.165, 1.54) is 25.3 Å². The summed E-state index contributed by atoms with van der Waals surface area (Å²) in [7, 11) is 0. The summed E-state index contributed by atoms with van der Waals surface area (Å²) in [5.41, 5.74) is 4.21. The highest BCUT2D eigenvalue weighted by Crippen LogP contribution is 2.35. The number of hydrogen-bond donors (Lipinski definition) is 1. The van der Waals surface area contributed by atoms with Crippen molar-refractivity contribution < 1.29 is 9.13 Å². The van der Waals surface area contributed by atoms with Gasteiger partial charge in [-0.3, -0.25) is 4.98 Å². The summed E-state index contributed by atoms with van der Waals surface area (Å²) in [6, 6.07) is 7.45. The fraction of sp³-hybridized carbons (Fsp3) is 0.333. The van der Waals surface area contributed by atoms with Gasteiger partial charge in [-0.15, -0.1) is 0 Å². The van der Waals surface area contributed by atoms with Crippen molar-refractivity contribution in [1.29, 1.82) is 0 Å². The number of rotatable bonds is 5. The molecule has 0 spiro atoms. The van der Waals surface area contributed by atoms with Crippen LogP contribution >= 0.6 is 0 Å². The molecule has 2 heterocycles. The molecule has 2 aromatic heterocycles. The van der Waals surface area contributed by atoms with E-state index in [1.807, 2.05) is 32.2 Å². The van der Waals surface area contributed by atoms with Crippen LogP contribution in [0.4, 0.5) is 4.39 Å². The number of pyridine rings is 1. The number of ether oxygens (including phenoxy) is 1. The third-order valence-corrected chi connectivity index (χ3v) is 4.99. The second kappa shape index (κ2) is 6.90. The van der Waals surface area contributed by atoms with Crippen molar-refractivity contribution in [2.75, 3.05) is 0 Å². The number of hydrogen-bond acceptors (Lipinski definition) is 3. The molecule has 1 N–H and O–H groups in total. The van der Waals surface area contributed by atoms with Crippen LogP contribution in [-0.2, 0) is 6.61 Å². The van der Waals surface area contributed by atoms with Gasteiger partial charge in [-0.2, -0.15) is 0 Å². The average Bonchev–Trinajstić information content (AvgIpc) is 3.03. The first-order valence-corrected chi connectivity index (χ1v) is 9.00. The van der Waals surface area contributed by atoms with Gasteiger partial charge in [0.2, 0.25) is 0 Å². The minimum atomic E-state index is -0.333. The number of nitrogens with one attached hydrogen (secondary N) is 1. The van der Waals surface area contributed by atoms with Gasteiger partial charge in [-0.25, -0.2) is 9.37 Å². The van der Waals surface area contributed by atoms with Gasteiger partial charge in [-0.1, -0.05) is 6.42 Å². The Bertz CT molecular complexity index is 931. The van der Waals surface area contributed by atoms with Crippen molar-refractivity contribution in [3.8, 4) is 17.0 Å². The molecule has 4 rings (SSSR count). The van der Waals surface area contributed by atoms with Crippen LogP contribution < -0.4 is 4.74 Å². The van der Waals surface area contributed by atoms with E-state index < -0.39 is 0 Å². The normalized spacial score (nSPS) is 14.3. The zero-order chi connectivity index (χ0) is 18.1. The van der Waals surface area contributed by atoms with Gasteiger partial charge >= 0.3 is 0 Å². The molecule has 0 aliphatic heterocycles. The van der Waals surface area contributed by atoms with Crippen LogP contribution in [0.5, 0.6) is 5.75 Å². The third-order valence-electron chi connectivity index (χ3n) is 4.99. The van der Waals surface area contributed by atoms with Crippen molar-refractivity contribution in [1.82, 2.24) is 15.0 Å². The summed E-state index contributed by atoms with van der Waals surface area (Å²) in [6.07, 6.45) is 7.29. The summed E-state index contributed by atoms with van der Waals surface area (Å²) in [5, 5.41) is 0. The van der Waals surface area contributed by atoms with Crippen molar-refractivity contribution in [3.63, 3.8) is 0 Å². The standard InChI is InChI=1S/C21H22FN3O/c1-13-8-17(22)19(23-10-13)12-26-20-7-6-16(9-14(20)2)18-11-24-21(25-18)15-4-3-5-15/h6-11,15H,3-5,12H2,1-2H3,(H,24,25). The lowest BCUT2D eigenvalue weighted by molar-refractivity contribution is 0.292. The molecular weight excluding hydrogens is 329 g/mol. The van der Waals surface area contributed by atoms with E-state index in [4.69, 9.17) is 4.74 Å². The SMILES string of the molecule is Cc1cnc(COc2ccc(-c3cnc(C4CCC4)[nH]3)cc2C)c(F)c1. The number of benzene rings is 1. The molecule has 1 fully saturated rings. The Balaban J connectivity index is 1.48. The predicted octanol–water partition coefficient (Wildman–Crippen LogP) is 5.07. The maximum absolute atomic E-state index is 13.9. The first kappa shape index (κ1) is 16.8. The van der Waals surface area contributed by atoms with Crippen molar-refractivity contribution in [2.24, 2.45) is 0 Å². The summed E-state index contributed by atoms with van der Waals surface area (Å²) >= 11 is 0. The van der Waals surface area contributed by atoms with Gasteiger partial charge < -0.3 is 9.72 Å². The van der Waals surface area contributed by atoms with Crippen LogP contribution in [0, 0.1) is 19.7 Å². The maximum atomic E-state index is 13.9. The molecule has 1 aliphatic rings. The summed E-state index contributed by atoms with van der Waals surface area (Å²) in [5.74, 6) is 2.07. The molecule has 5 heteroatoms. The van der Waals surface area contributed by atoms with E-state index in [9.17, 15) is 4.39 Å². The fourth-order valence-corrected chi connectivity index (χ4v) is 3.17. The van der Waals surface area contributed by atoms with Crippen LogP contribution in [0.3, 0.4) is 0 Å². The summed E-state index contributed by atoms with van der Waals surface area (Å²) in [4.78, 5) is 12.1. The van der Waals surface area contributed by atoms with Gasteiger partial charge in [0, 0.05) is 17.7 Å². The third kappa shape index (κ3) is 3.34. The smallest absolute Gasteiger partial charge is 0.148 e. The molecule has 1 aromatic carbocycles. The molecule has 0 amide bonds. The topological polar surface area (TPSA) is 50.8 Å². The highest BCUT2D eigenvalue weighted by Gasteiger charge is 2.22. The largest absolute Gasteiger partial charge is 0.487 e. The van der Waals surface area contributed by atoms with E-state index in [2.05, 4.69) is 21.0 Å². The number of nitrogens with zero attached hydrogens (tertiary/aromatic N) is 2. The van der Waals surface area contributed by atoms with E-state index in [0.29, 0.717) is 11.6 Å². The van der Waals surface area contributed by atoms with Crippen LogP contribution in [0.25, 0.3) is 11.3 Å².